The monoisotopic (exact) mass is 255 g/mol. The number of aliphatic hydroxyl groups is 1. The van der Waals surface area contributed by atoms with E-state index in [0.717, 1.165) is 4.90 Å². The van der Waals surface area contributed by atoms with E-state index in [0.29, 0.717) is 12.2 Å². The molecular formula is C11H13NO4S. The number of nitro groups is 1. The van der Waals surface area contributed by atoms with E-state index >= 15 is 0 Å². The number of carbonyl (C=O) groups excluding carboxylic acids is 1. The van der Waals surface area contributed by atoms with Crippen molar-refractivity contribution in [3.05, 3.63) is 33.9 Å². The van der Waals surface area contributed by atoms with Crippen LogP contribution in [0.15, 0.2) is 23.1 Å². The van der Waals surface area contributed by atoms with Crippen molar-refractivity contribution in [1.82, 2.24) is 0 Å². The molecule has 0 aromatic heterocycles. The first-order chi connectivity index (χ1) is 8.06. The maximum Gasteiger partial charge on any atom is 0.280 e. The molecule has 0 aliphatic heterocycles. The molecule has 0 atom stereocenters. The first kappa shape index (κ1) is 13.7. The maximum absolute atomic E-state index is 11.3. The number of nitro benzene ring substituents is 1. The van der Waals surface area contributed by atoms with E-state index in [1.165, 1.54) is 30.8 Å². The second-order valence-corrected chi connectivity index (χ2v) is 4.59. The molecule has 0 fully saturated rings. The van der Waals surface area contributed by atoms with E-state index in [1.807, 2.05) is 0 Å². The highest BCUT2D eigenvalue weighted by atomic mass is 32.2. The molecule has 0 heterocycles. The van der Waals surface area contributed by atoms with Crippen LogP contribution in [-0.4, -0.2) is 28.2 Å². The number of rotatable bonds is 6. The molecule has 0 radical (unpaired) electrons. The summed E-state index contributed by atoms with van der Waals surface area (Å²) in [6.45, 7) is 1.42. The number of hydrogen-bond acceptors (Lipinski definition) is 5. The fourth-order valence-corrected chi connectivity index (χ4v) is 2.18. The second kappa shape index (κ2) is 6.36. The molecule has 6 heteroatoms. The SMILES string of the molecule is CC(=O)c1cc(SCCCO)ccc1[N+](=O)[O-]. The Morgan fingerprint density at radius 1 is 1.53 bits per heavy atom. The van der Waals surface area contributed by atoms with E-state index in [-0.39, 0.29) is 23.6 Å². The molecule has 1 aromatic carbocycles. The van der Waals surface area contributed by atoms with E-state index in [1.54, 1.807) is 6.07 Å². The Balaban J connectivity index is 2.94. The quantitative estimate of drug-likeness (QED) is 0.277. The van der Waals surface area contributed by atoms with Crippen LogP contribution in [0.2, 0.25) is 0 Å². The molecule has 0 amide bonds. The molecule has 1 aromatic rings. The Morgan fingerprint density at radius 2 is 2.24 bits per heavy atom. The molecule has 5 nitrogen and oxygen atoms in total. The van der Waals surface area contributed by atoms with Crippen LogP contribution in [0.4, 0.5) is 5.69 Å². The predicted molar refractivity (Wildman–Crippen MR) is 65.5 cm³/mol. The van der Waals surface area contributed by atoms with Crippen LogP contribution >= 0.6 is 11.8 Å². The van der Waals surface area contributed by atoms with E-state index < -0.39 is 4.92 Å². The molecule has 92 valence electrons. The average molecular weight is 255 g/mol. The summed E-state index contributed by atoms with van der Waals surface area (Å²) in [4.78, 5) is 22.3. The first-order valence-electron chi connectivity index (χ1n) is 5.09. The molecule has 1 rings (SSSR count). The third kappa shape index (κ3) is 3.83. The normalized spacial score (nSPS) is 10.2. The molecule has 0 spiro atoms. The molecule has 0 saturated heterocycles. The predicted octanol–water partition coefficient (Wildman–Crippen LogP) is 2.27. The molecule has 0 saturated carbocycles. The highest BCUT2D eigenvalue weighted by Crippen LogP contribution is 2.26. The van der Waals surface area contributed by atoms with Gasteiger partial charge in [0, 0.05) is 23.3 Å². The first-order valence-corrected chi connectivity index (χ1v) is 6.08. The summed E-state index contributed by atoms with van der Waals surface area (Å²) >= 11 is 1.46. The lowest BCUT2D eigenvalue weighted by Gasteiger charge is -2.03. The minimum Gasteiger partial charge on any atom is -0.396 e. The van der Waals surface area contributed by atoms with Gasteiger partial charge in [-0.2, -0.15) is 0 Å². The Kier molecular flexibility index (Phi) is 5.11. The number of thioether (sulfide) groups is 1. The van der Waals surface area contributed by atoms with Crippen molar-refractivity contribution in [2.45, 2.75) is 18.2 Å². The van der Waals surface area contributed by atoms with Gasteiger partial charge >= 0.3 is 0 Å². The van der Waals surface area contributed by atoms with Crippen molar-refractivity contribution in [2.75, 3.05) is 12.4 Å². The van der Waals surface area contributed by atoms with Crippen molar-refractivity contribution >= 4 is 23.2 Å². The number of nitrogens with zero attached hydrogens (tertiary/aromatic N) is 1. The standard InChI is InChI=1S/C11H13NO4S/c1-8(14)10-7-9(17-6-2-5-13)3-4-11(10)12(15)16/h3-4,7,13H,2,5-6H2,1H3. The third-order valence-electron chi connectivity index (χ3n) is 2.12. The lowest BCUT2D eigenvalue weighted by atomic mass is 10.1. The van der Waals surface area contributed by atoms with Gasteiger partial charge in [0.15, 0.2) is 5.78 Å². The van der Waals surface area contributed by atoms with Gasteiger partial charge < -0.3 is 5.11 Å². The fourth-order valence-electron chi connectivity index (χ4n) is 1.30. The lowest BCUT2D eigenvalue weighted by molar-refractivity contribution is -0.385. The van der Waals surface area contributed by atoms with Crippen LogP contribution < -0.4 is 0 Å². The molecule has 0 aliphatic carbocycles. The zero-order chi connectivity index (χ0) is 12.8. The van der Waals surface area contributed by atoms with Crippen LogP contribution in [0.3, 0.4) is 0 Å². The fraction of sp³-hybridized carbons (Fsp3) is 0.364. The highest BCUT2D eigenvalue weighted by molar-refractivity contribution is 7.99. The minimum absolute atomic E-state index is 0.111. The Morgan fingerprint density at radius 3 is 2.76 bits per heavy atom. The van der Waals surface area contributed by atoms with Crippen LogP contribution in [0, 0.1) is 10.1 Å². The van der Waals surface area contributed by atoms with Gasteiger partial charge in [-0.05, 0) is 25.5 Å². The lowest BCUT2D eigenvalue weighted by Crippen LogP contribution is -2.00. The highest BCUT2D eigenvalue weighted by Gasteiger charge is 2.17. The van der Waals surface area contributed by atoms with Crippen LogP contribution in [0.1, 0.15) is 23.7 Å². The third-order valence-corrected chi connectivity index (χ3v) is 3.20. The van der Waals surface area contributed by atoms with Crippen molar-refractivity contribution in [1.29, 1.82) is 0 Å². The summed E-state index contributed by atoms with van der Waals surface area (Å²) in [6.07, 6.45) is 0.650. The van der Waals surface area contributed by atoms with E-state index in [4.69, 9.17) is 5.11 Å². The van der Waals surface area contributed by atoms with Gasteiger partial charge in [-0.1, -0.05) is 0 Å². The zero-order valence-electron chi connectivity index (χ0n) is 9.38. The zero-order valence-corrected chi connectivity index (χ0v) is 10.2. The van der Waals surface area contributed by atoms with Gasteiger partial charge in [-0.3, -0.25) is 14.9 Å². The summed E-state index contributed by atoms with van der Waals surface area (Å²) in [5.74, 6) is 0.396. The molecule has 0 unspecified atom stereocenters. The summed E-state index contributed by atoms with van der Waals surface area (Å²) in [5, 5.41) is 19.4. The number of Topliss-reactive ketones (excluding diaryl/α,β-unsaturated/α-hetero) is 1. The van der Waals surface area contributed by atoms with Crippen molar-refractivity contribution in [3.8, 4) is 0 Å². The summed E-state index contributed by atoms with van der Waals surface area (Å²) in [5.41, 5.74) is -0.0343. The molecule has 0 bridgehead atoms. The van der Waals surface area contributed by atoms with Gasteiger partial charge in [0.05, 0.1) is 10.5 Å². The molecule has 1 N–H and O–H groups in total. The second-order valence-electron chi connectivity index (χ2n) is 3.42. The van der Waals surface area contributed by atoms with Crippen LogP contribution in [-0.2, 0) is 0 Å². The number of benzene rings is 1. The average Bonchev–Trinajstić information content (AvgIpc) is 2.29. The number of ketones is 1. The van der Waals surface area contributed by atoms with Crippen molar-refractivity contribution in [2.24, 2.45) is 0 Å². The maximum atomic E-state index is 11.3. The topological polar surface area (TPSA) is 80.4 Å². The van der Waals surface area contributed by atoms with E-state index in [9.17, 15) is 14.9 Å². The van der Waals surface area contributed by atoms with Gasteiger partial charge in [-0.15, -0.1) is 11.8 Å². The van der Waals surface area contributed by atoms with Gasteiger partial charge in [0.25, 0.3) is 5.69 Å². The summed E-state index contributed by atoms with van der Waals surface area (Å²) in [7, 11) is 0. The Bertz CT molecular complexity index is 433. The van der Waals surface area contributed by atoms with Crippen LogP contribution in [0.5, 0.6) is 0 Å². The van der Waals surface area contributed by atoms with Gasteiger partial charge in [0.2, 0.25) is 0 Å². The largest absolute Gasteiger partial charge is 0.396 e. The number of hydrogen-bond donors (Lipinski definition) is 1. The minimum atomic E-state index is -0.557. The van der Waals surface area contributed by atoms with Gasteiger partial charge in [-0.25, -0.2) is 0 Å². The number of aliphatic hydroxyl groups excluding tert-OH is 1. The Labute approximate surface area is 103 Å². The Hall–Kier alpha value is -1.40. The summed E-state index contributed by atoms with van der Waals surface area (Å²) < 4.78 is 0. The molecule has 0 aliphatic rings. The van der Waals surface area contributed by atoms with Crippen LogP contribution in [0.25, 0.3) is 0 Å². The number of carbonyl (C=O) groups is 1. The van der Waals surface area contributed by atoms with Crippen molar-refractivity contribution in [3.63, 3.8) is 0 Å². The van der Waals surface area contributed by atoms with E-state index in [2.05, 4.69) is 0 Å². The smallest absolute Gasteiger partial charge is 0.280 e. The molecule has 17 heavy (non-hydrogen) atoms. The van der Waals surface area contributed by atoms with Crippen molar-refractivity contribution < 1.29 is 14.8 Å². The summed E-state index contributed by atoms with van der Waals surface area (Å²) in [6, 6.07) is 4.49. The molecular weight excluding hydrogens is 242 g/mol. The van der Waals surface area contributed by atoms with Gasteiger partial charge in [0.1, 0.15) is 0 Å².